The lowest BCUT2D eigenvalue weighted by Gasteiger charge is -2.16. The van der Waals surface area contributed by atoms with E-state index in [0.29, 0.717) is 17.3 Å². The van der Waals surface area contributed by atoms with E-state index in [1.807, 2.05) is 0 Å². The first-order chi connectivity index (χ1) is 8.30. The van der Waals surface area contributed by atoms with Gasteiger partial charge in [0.2, 0.25) is 10.0 Å². The summed E-state index contributed by atoms with van der Waals surface area (Å²) in [6.45, 7) is -0.238. The van der Waals surface area contributed by atoms with E-state index < -0.39 is 15.6 Å². The van der Waals surface area contributed by atoms with Crippen LogP contribution >= 0.6 is 39.1 Å². The average molecular weight is 375 g/mol. The molecule has 0 unspecified atom stereocenters. The Bertz CT molecular complexity index is 564. The van der Waals surface area contributed by atoms with Gasteiger partial charge in [-0.15, -0.1) is 0 Å². The number of sulfonamides is 1. The summed E-state index contributed by atoms with van der Waals surface area (Å²) in [4.78, 5) is -0.159. The van der Waals surface area contributed by atoms with Crippen molar-refractivity contribution in [3.8, 4) is 0 Å². The standard InChI is InChI=1S/C10H10BrCl2NO3S/c11-6-3-7(12)9(8(13)4-6)18(16,17)14-10(5-15)1-2-10/h3-4,14-15H,1-2,5H2. The van der Waals surface area contributed by atoms with Crippen LogP contribution in [-0.4, -0.2) is 25.7 Å². The molecule has 18 heavy (non-hydrogen) atoms. The number of hydrogen-bond acceptors (Lipinski definition) is 3. The van der Waals surface area contributed by atoms with Crippen LogP contribution in [0.4, 0.5) is 0 Å². The fraction of sp³-hybridized carbons (Fsp3) is 0.400. The van der Waals surface area contributed by atoms with E-state index in [4.69, 9.17) is 28.3 Å². The van der Waals surface area contributed by atoms with Gasteiger partial charge in [0.1, 0.15) is 4.90 Å². The molecule has 1 saturated carbocycles. The molecular weight excluding hydrogens is 365 g/mol. The zero-order chi connectivity index (χ0) is 13.6. The first kappa shape index (κ1) is 14.6. The van der Waals surface area contributed by atoms with Crippen LogP contribution < -0.4 is 4.72 Å². The highest BCUT2D eigenvalue weighted by atomic mass is 79.9. The van der Waals surface area contributed by atoms with Gasteiger partial charge >= 0.3 is 0 Å². The van der Waals surface area contributed by atoms with Crippen LogP contribution in [0.2, 0.25) is 10.0 Å². The van der Waals surface area contributed by atoms with Crippen molar-refractivity contribution in [2.75, 3.05) is 6.61 Å². The van der Waals surface area contributed by atoms with Gasteiger partial charge in [0.15, 0.2) is 0 Å². The van der Waals surface area contributed by atoms with Crippen LogP contribution in [0.15, 0.2) is 21.5 Å². The summed E-state index contributed by atoms with van der Waals surface area (Å²) in [7, 11) is -3.84. The molecular formula is C10H10BrCl2NO3S. The minimum atomic E-state index is -3.84. The van der Waals surface area contributed by atoms with Gasteiger partial charge in [-0.2, -0.15) is 0 Å². The van der Waals surface area contributed by atoms with E-state index in [1.54, 1.807) is 0 Å². The molecule has 0 aliphatic heterocycles. The van der Waals surface area contributed by atoms with Crippen molar-refractivity contribution in [3.63, 3.8) is 0 Å². The summed E-state index contributed by atoms with van der Waals surface area (Å²) < 4.78 is 27.4. The Morgan fingerprint density at radius 1 is 1.33 bits per heavy atom. The summed E-state index contributed by atoms with van der Waals surface area (Å²) in [6, 6.07) is 2.92. The van der Waals surface area contributed by atoms with Gasteiger partial charge in [0, 0.05) is 4.47 Å². The van der Waals surface area contributed by atoms with Gasteiger partial charge in [-0.1, -0.05) is 39.1 Å². The molecule has 0 heterocycles. The van der Waals surface area contributed by atoms with Gasteiger partial charge in [0.25, 0.3) is 0 Å². The molecule has 0 bridgehead atoms. The Balaban J connectivity index is 2.42. The van der Waals surface area contributed by atoms with E-state index in [0.717, 1.165) is 0 Å². The van der Waals surface area contributed by atoms with Gasteiger partial charge in [-0.25, -0.2) is 13.1 Å². The van der Waals surface area contributed by atoms with Crippen molar-refractivity contribution in [2.45, 2.75) is 23.3 Å². The van der Waals surface area contributed by atoms with Crippen molar-refractivity contribution in [2.24, 2.45) is 0 Å². The smallest absolute Gasteiger partial charge is 0.244 e. The maximum atomic E-state index is 12.2. The van der Waals surface area contributed by atoms with Gasteiger partial charge < -0.3 is 5.11 Å². The number of aliphatic hydroxyl groups is 1. The van der Waals surface area contributed by atoms with Crippen LogP contribution in [-0.2, 0) is 10.0 Å². The third kappa shape index (κ3) is 2.84. The molecule has 4 nitrogen and oxygen atoms in total. The fourth-order valence-corrected chi connectivity index (χ4v) is 4.96. The monoisotopic (exact) mass is 373 g/mol. The Hall–Kier alpha value is 0.150. The summed E-state index contributed by atoms with van der Waals surface area (Å²) in [5, 5.41) is 9.22. The predicted octanol–water partition coefficient (Wildman–Crippen LogP) is 2.56. The molecule has 8 heteroatoms. The van der Waals surface area contributed by atoms with E-state index in [9.17, 15) is 8.42 Å². The molecule has 1 aliphatic carbocycles. The topological polar surface area (TPSA) is 66.4 Å². The number of aliphatic hydroxyl groups excluding tert-OH is 1. The average Bonchev–Trinajstić information content (AvgIpc) is 2.95. The van der Waals surface area contributed by atoms with Crippen LogP contribution in [0.5, 0.6) is 0 Å². The lowest BCUT2D eigenvalue weighted by molar-refractivity contribution is 0.246. The largest absolute Gasteiger partial charge is 0.394 e. The number of hydrogen-bond donors (Lipinski definition) is 2. The molecule has 0 atom stereocenters. The molecule has 0 radical (unpaired) electrons. The second-order valence-corrected chi connectivity index (χ2v) is 7.59. The second-order valence-electron chi connectivity index (χ2n) is 4.24. The molecule has 0 amide bonds. The maximum Gasteiger partial charge on any atom is 0.244 e. The van der Waals surface area contributed by atoms with Crippen LogP contribution in [0.25, 0.3) is 0 Å². The van der Waals surface area contributed by atoms with Crippen molar-refractivity contribution in [3.05, 3.63) is 26.7 Å². The molecule has 1 fully saturated rings. The molecule has 0 saturated heterocycles. The predicted molar refractivity (Wildman–Crippen MR) is 73.5 cm³/mol. The number of rotatable bonds is 4. The Morgan fingerprint density at radius 3 is 2.22 bits per heavy atom. The quantitative estimate of drug-likeness (QED) is 0.851. The van der Waals surface area contributed by atoms with Crippen molar-refractivity contribution in [1.29, 1.82) is 0 Å². The molecule has 1 aromatic carbocycles. The van der Waals surface area contributed by atoms with E-state index >= 15 is 0 Å². The maximum absolute atomic E-state index is 12.2. The molecule has 0 spiro atoms. The fourth-order valence-electron chi connectivity index (χ4n) is 1.57. The van der Waals surface area contributed by atoms with Crippen LogP contribution in [0.3, 0.4) is 0 Å². The Morgan fingerprint density at radius 2 is 1.83 bits per heavy atom. The first-order valence-corrected chi connectivity index (χ1v) is 8.12. The van der Waals surface area contributed by atoms with Crippen molar-refractivity contribution >= 4 is 49.2 Å². The minimum absolute atomic E-state index is 0.0376. The summed E-state index contributed by atoms with van der Waals surface area (Å²) in [5.74, 6) is 0. The third-order valence-corrected chi connectivity index (χ3v) is 5.70. The molecule has 1 aromatic rings. The van der Waals surface area contributed by atoms with Crippen molar-refractivity contribution < 1.29 is 13.5 Å². The zero-order valence-corrected chi connectivity index (χ0v) is 13.0. The zero-order valence-electron chi connectivity index (χ0n) is 9.08. The van der Waals surface area contributed by atoms with Gasteiger partial charge in [-0.05, 0) is 25.0 Å². The molecule has 0 aromatic heterocycles. The third-order valence-electron chi connectivity index (χ3n) is 2.74. The lowest BCUT2D eigenvalue weighted by atomic mass is 10.3. The Labute approximate surface area is 123 Å². The van der Waals surface area contributed by atoms with E-state index in [2.05, 4.69) is 20.7 Å². The summed E-state index contributed by atoms with van der Waals surface area (Å²) in [5.41, 5.74) is -0.751. The summed E-state index contributed by atoms with van der Waals surface area (Å²) in [6.07, 6.45) is 1.21. The molecule has 100 valence electrons. The molecule has 2 rings (SSSR count). The summed E-state index contributed by atoms with van der Waals surface area (Å²) >= 11 is 15.0. The minimum Gasteiger partial charge on any atom is -0.394 e. The van der Waals surface area contributed by atoms with Crippen LogP contribution in [0, 0.1) is 0 Å². The van der Waals surface area contributed by atoms with Crippen molar-refractivity contribution in [1.82, 2.24) is 4.72 Å². The highest BCUT2D eigenvalue weighted by Crippen LogP contribution is 2.39. The first-order valence-electron chi connectivity index (χ1n) is 5.09. The SMILES string of the molecule is O=S(=O)(NC1(CO)CC1)c1c(Cl)cc(Br)cc1Cl. The highest BCUT2D eigenvalue weighted by molar-refractivity contribution is 9.10. The van der Waals surface area contributed by atoms with Gasteiger partial charge in [0.05, 0.1) is 22.2 Å². The molecule has 2 N–H and O–H groups in total. The second kappa shape index (κ2) is 4.92. The normalized spacial score (nSPS) is 17.8. The highest BCUT2D eigenvalue weighted by Gasteiger charge is 2.46. The van der Waals surface area contributed by atoms with E-state index in [-0.39, 0.29) is 21.5 Å². The number of nitrogens with one attached hydrogen (secondary N) is 1. The van der Waals surface area contributed by atoms with Crippen LogP contribution in [0.1, 0.15) is 12.8 Å². The molecule has 1 aliphatic rings. The Kier molecular flexibility index (Phi) is 3.98. The van der Waals surface area contributed by atoms with E-state index in [1.165, 1.54) is 12.1 Å². The number of benzene rings is 1. The van der Waals surface area contributed by atoms with Gasteiger partial charge in [-0.3, -0.25) is 0 Å². The number of halogens is 3. The lowest BCUT2D eigenvalue weighted by Crippen LogP contribution is -2.39.